The van der Waals surface area contributed by atoms with Gasteiger partial charge in [-0.15, -0.1) is 0 Å². The number of ether oxygens (including phenoxy) is 2. The van der Waals surface area contributed by atoms with E-state index >= 15 is 0 Å². The van der Waals surface area contributed by atoms with Crippen LogP contribution >= 0.6 is 0 Å². The van der Waals surface area contributed by atoms with Gasteiger partial charge < -0.3 is 19.4 Å². The highest BCUT2D eigenvalue weighted by atomic mass is 16.5. The van der Waals surface area contributed by atoms with Crippen molar-refractivity contribution in [2.75, 3.05) is 46.5 Å². The van der Waals surface area contributed by atoms with Gasteiger partial charge in [0.05, 0.1) is 13.2 Å². The second-order valence-electron chi connectivity index (χ2n) is 10.3. The van der Waals surface area contributed by atoms with Crippen molar-refractivity contribution in [3.05, 3.63) is 65.9 Å². The van der Waals surface area contributed by atoms with E-state index in [4.69, 9.17) is 9.47 Å². The lowest BCUT2D eigenvalue weighted by molar-refractivity contribution is 0.0330. The molecule has 1 saturated heterocycles. The first-order valence-electron chi connectivity index (χ1n) is 13.0. The van der Waals surface area contributed by atoms with E-state index in [0.29, 0.717) is 12.3 Å². The Hall–Kier alpha value is -2.83. The normalized spacial score (nSPS) is 20.2. The number of carbonyl (C=O) groups excluding carboxylic acids is 1. The van der Waals surface area contributed by atoms with Crippen molar-refractivity contribution in [1.29, 1.82) is 0 Å². The van der Waals surface area contributed by atoms with E-state index in [9.17, 15) is 4.79 Å². The van der Waals surface area contributed by atoms with Crippen LogP contribution in [0.3, 0.4) is 0 Å². The molecule has 1 aromatic heterocycles. The molecule has 1 spiro atoms. The van der Waals surface area contributed by atoms with Crippen molar-refractivity contribution in [1.82, 2.24) is 14.8 Å². The van der Waals surface area contributed by atoms with E-state index in [1.165, 1.54) is 5.56 Å². The topological polar surface area (TPSA) is 57.8 Å². The summed E-state index contributed by atoms with van der Waals surface area (Å²) in [5.74, 6) is 1.08. The lowest BCUT2D eigenvalue weighted by atomic mass is 9.75. The molecule has 0 radical (unpaired) electrons. The summed E-state index contributed by atoms with van der Waals surface area (Å²) in [5, 5.41) is 1.08. The van der Waals surface area contributed by atoms with Crippen LogP contribution in [-0.2, 0) is 11.3 Å². The fourth-order valence-corrected chi connectivity index (χ4v) is 5.41. The highest BCUT2D eigenvalue weighted by molar-refractivity contribution is 5.98. The molecule has 2 aliphatic rings. The summed E-state index contributed by atoms with van der Waals surface area (Å²) in [4.78, 5) is 20.9. The van der Waals surface area contributed by atoms with Gasteiger partial charge >= 0.3 is 0 Å². The third-order valence-corrected chi connectivity index (χ3v) is 7.68. The van der Waals surface area contributed by atoms with Crippen LogP contribution in [0, 0.1) is 5.41 Å². The number of rotatable bonds is 1. The quantitative estimate of drug-likeness (QED) is 0.532. The predicted molar refractivity (Wildman–Crippen MR) is 139 cm³/mol. The number of nitrogens with zero attached hydrogens (tertiary/aromatic N) is 2. The first-order valence-corrected chi connectivity index (χ1v) is 13.0. The SMILES string of the molecule is CN1CCOCCCCC2(CCN(C(=O)c3cc4ccccc4[nH]3)CC2)COc2ccccc2C1. The van der Waals surface area contributed by atoms with Crippen molar-refractivity contribution < 1.29 is 14.3 Å². The summed E-state index contributed by atoms with van der Waals surface area (Å²) in [6.07, 6.45) is 5.22. The minimum atomic E-state index is 0.0837. The second kappa shape index (κ2) is 10.8. The highest BCUT2D eigenvalue weighted by Gasteiger charge is 2.37. The number of aromatic nitrogens is 1. The molecule has 0 aliphatic carbocycles. The van der Waals surface area contributed by atoms with Gasteiger partial charge in [-0.2, -0.15) is 0 Å². The Morgan fingerprint density at radius 3 is 2.60 bits per heavy atom. The van der Waals surface area contributed by atoms with Crippen LogP contribution in [0.4, 0.5) is 0 Å². The van der Waals surface area contributed by atoms with Crippen molar-refractivity contribution in [2.45, 2.75) is 38.6 Å². The van der Waals surface area contributed by atoms with Crippen molar-refractivity contribution >= 4 is 16.8 Å². The zero-order valence-corrected chi connectivity index (χ0v) is 20.8. The molecule has 0 bridgehead atoms. The first-order chi connectivity index (χ1) is 17.1. The summed E-state index contributed by atoms with van der Waals surface area (Å²) in [7, 11) is 2.13. The standard InChI is InChI=1S/C29H37N3O3/c1-31-17-19-34-18-7-6-12-29(22-35-27-11-5-3-9-24(27)21-31)13-15-32(16-14-29)28(33)26-20-23-8-2-4-10-25(23)30-26/h2-5,8-11,20,30H,6-7,12-19,21-22H2,1H3. The zero-order chi connectivity index (χ0) is 24.1. The van der Waals surface area contributed by atoms with Gasteiger partial charge in [-0.25, -0.2) is 0 Å². The molecule has 35 heavy (non-hydrogen) atoms. The molecule has 3 aromatic rings. The number of carbonyl (C=O) groups is 1. The van der Waals surface area contributed by atoms with Gasteiger partial charge in [0.2, 0.25) is 0 Å². The van der Waals surface area contributed by atoms with E-state index in [0.717, 1.165) is 88.1 Å². The highest BCUT2D eigenvalue weighted by Crippen LogP contribution is 2.38. The fraction of sp³-hybridized carbons (Fsp3) is 0.483. The molecule has 1 fully saturated rings. The van der Waals surface area contributed by atoms with E-state index in [1.54, 1.807) is 0 Å². The number of likely N-dealkylation sites (tertiary alicyclic amines) is 1. The van der Waals surface area contributed by atoms with Gasteiger partial charge in [-0.1, -0.05) is 42.8 Å². The minimum Gasteiger partial charge on any atom is -0.493 e. The monoisotopic (exact) mass is 475 g/mol. The summed E-state index contributed by atoms with van der Waals surface area (Å²) in [6, 6.07) is 18.4. The van der Waals surface area contributed by atoms with Crippen molar-refractivity contribution in [2.24, 2.45) is 5.41 Å². The molecule has 5 rings (SSSR count). The van der Waals surface area contributed by atoms with E-state index < -0.39 is 0 Å². The molecule has 0 atom stereocenters. The van der Waals surface area contributed by atoms with Gasteiger partial charge in [0.1, 0.15) is 11.4 Å². The number of nitrogens with one attached hydrogen (secondary N) is 1. The Labute approximate surface area is 208 Å². The molecule has 3 heterocycles. The number of para-hydroxylation sites is 2. The van der Waals surface area contributed by atoms with Crippen LogP contribution in [0.2, 0.25) is 0 Å². The Kier molecular flexibility index (Phi) is 7.40. The van der Waals surface area contributed by atoms with Crippen LogP contribution in [-0.4, -0.2) is 67.2 Å². The summed E-state index contributed by atoms with van der Waals surface area (Å²) < 4.78 is 12.4. The minimum absolute atomic E-state index is 0.0837. The van der Waals surface area contributed by atoms with Crippen LogP contribution in [0.1, 0.15) is 48.2 Å². The van der Waals surface area contributed by atoms with Crippen LogP contribution in [0.5, 0.6) is 5.75 Å². The van der Waals surface area contributed by atoms with E-state index in [1.807, 2.05) is 35.2 Å². The summed E-state index contributed by atoms with van der Waals surface area (Å²) >= 11 is 0. The van der Waals surface area contributed by atoms with Crippen LogP contribution in [0.15, 0.2) is 54.6 Å². The van der Waals surface area contributed by atoms with Crippen molar-refractivity contribution in [3.63, 3.8) is 0 Å². The largest absolute Gasteiger partial charge is 0.493 e. The third-order valence-electron chi connectivity index (χ3n) is 7.68. The van der Waals surface area contributed by atoms with Gasteiger partial charge in [0.15, 0.2) is 0 Å². The predicted octanol–water partition coefficient (Wildman–Crippen LogP) is 5.10. The van der Waals surface area contributed by atoms with Gasteiger partial charge in [-0.05, 0) is 50.9 Å². The molecule has 1 N–H and O–H groups in total. The zero-order valence-electron chi connectivity index (χ0n) is 20.8. The summed E-state index contributed by atoms with van der Waals surface area (Å²) in [6.45, 7) is 5.56. The number of piperidine rings is 1. The average molecular weight is 476 g/mol. The molecule has 6 heteroatoms. The number of hydrogen-bond donors (Lipinski definition) is 1. The van der Waals surface area contributed by atoms with Crippen LogP contribution in [0.25, 0.3) is 10.9 Å². The number of likely N-dealkylation sites (N-methyl/N-ethyl adjacent to an activating group) is 1. The number of hydrogen-bond acceptors (Lipinski definition) is 4. The number of fused-ring (bicyclic) bond motifs is 2. The van der Waals surface area contributed by atoms with Crippen LogP contribution < -0.4 is 4.74 Å². The molecule has 0 saturated carbocycles. The number of benzene rings is 2. The Bertz CT molecular complexity index is 1100. The Balaban J connectivity index is 1.28. The molecule has 6 nitrogen and oxygen atoms in total. The Morgan fingerprint density at radius 1 is 0.943 bits per heavy atom. The fourth-order valence-electron chi connectivity index (χ4n) is 5.41. The molecule has 1 amide bonds. The second-order valence-corrected chi connectivity index (χ2v) is 10.3. The molecule has 186 valence electrons. The van der Waals surface area contributed by atoms with Gasteiger partial charge in [0, 0.05) is 54.7 Å². The molecule has 0 unspecified atom stereocenters. The first kappa shape index (κ1) is 23.9. The van der Waals surface area contributed by atoms with Gasteiger partial charge in [-0.3, -0.25) is 9.69 Å². The lowest BCUT2D eigenvalue weighted by Gasteiger charge is -2.42. The lowest BCUT2D eigenvalue weighted by Crippen LogP contribution is -2.45. The molecule has 2 aromatic carbocycles. The van der Waals surface area contributed by atoms with Crippen molar-refractivity contribution in [3.8, 4) is 5.75 Å². The molecular weight excluding hydrogens is 438 g/mol. The smallest absolute Gasteiger partial charge is 0.270 e. The van der Waals surface area contributed by atoms with E-state index in [2.05, 4.69) is 41.2 Å². The maximum absolute atomic E-state index is 13.3. The Morgan fingerprint density at radius 2 is 1.74 bits per heavy atom. The average Bonchev–Trinajstić information content (AvgIpc) is 3.32. The number of aromatic amines is 1. The molecular formula is C29H37N3O3. The number of H-pyrrole nitrogens is 1. The number of amides is 1. The maximum Gasteiger partial charge on any atom is 0.270 e. The van der Waals surface area contributed by atoms with E-state index in [-0.39, 0.29) is 11.3 Å². The third kappa shape index (κ3) is 5.71. The maximum atomic E-state index is 13.3. The van der Waals surface area contributed by atoms with Gasteiger partial charge in [0.25, 0.3) is 5.91 Å². The summed E-state index contributed by atoms with van der Waals surface area (Å²) in [5.41, 5.74) is 2.99. The molecule has 2 aliphatic heterocycles.